The lowest BCUT2D eigenvalue weighted by atomic mass is 9.77. The van der Waals surface area contributed by atoms with Crippen LogP contribution in [0.3, 0.4) is 0 Å². The predicted octanol–water partition coefficient (Wildman–Crippen LogP) is 8.56. The third-order valence-corrected chi connectivity index (χ3v) is 16.5. The number of aromatic nitrogens is 10. The summed E-state index contributed by atoms with van der Waals surface area (Å²) in [7, 11) is 2.55. The van der Waals surface area contributed by atoms with Crippen LogP contribution in [0.1, 0.15) is 107 Å². The third-order valence-electron chi connectivity index (χ3n) is 16.5. The van der Waals surface area contributed by atoms with E-state index in [1.165, 1.54) is 25.7 Å². The summed E-state index contributed by atoms with van der Waals surface area (Å²) >= 11 is 0. The minimum absolute atomic E-state index is 0.00483. The summed E-state index contributed by atoms with van der Waals surface area (Å²) in [5.41, 5.74) is 14.4. The number of carbonyl (C=O) groups is 4. The number of carboxylic acids is 1. The topological polar surface area (TPSA) is 266 Å². The molecule has 4 fully saturated rings. The number of aryl methyl sites for hydroxylation is 6. The molecule has 0 unspecified atom stereocenters. The van der Waals surface area contributed by atoms with E-state index in [4.69, 9.17) is 31.2 Å². The molecule has 0 atom stereocenters. The van der Waals surface area contributed by atoms with Gasteiger partial charge in [-0.1, -0.05) is 12.1 Å². The van der Waals surface area contributed by atoms with Crippen molar-refractivity contribution in [3.8, 4) is 23.3 Å². The lowest BCUT2D eigenvalue weighted by Crippen LogP contribution is -2.50. The minimum atomic E-state index is -1.00. The van der Waals surface area contributed by atoms with Crippen molar-refractivity contribution < 1.29 is 49.0 Å². The van der Waals surface area contributed by atoms with Crippen molar-refractivity contribution in [2.75, 3.05) is 83.9 Å². The molecule has 2 spiro atoms. The Kier molecular flexibility index (Phi) is 20.1. The summed E-state index contributed by atoms with van der Waals surface area (Å²) in [5, 5.41) is 28.8. The van der Waals surface area contributed by atoms with E-state index in [9.17, 15) is 23.6 Å². The van der Waals surface area contributed by atoms with Crippen molar-refractivity contribution in [2.24, 2.45) is 24.9 Å². The Hall–Kier alpha value is -8.45. The van der Waals surface area contributed by atoms with Gasteiger partial charge < -0.3 is 44.9 Å². The molecule has 4 aliphatic rings. The monoisotopic (exact) mass is 1200 g/mol. The van der Waals surface area contributed by atoms with E-state index >= 15 is 0 Å². The molecule has 0 saturated carbocycles. The number of anilines is 2. The summed E-state index contributed by atoms with van der Waals surface area (Å²) < 4.78 is 44.5. The molecule has 4 aliphatic heterocycles. The number of hydrogen-bond acceptors (Lipinski definition) is 17. The van der Waals surface area contributed by atoms with E-state index in [1.54, 1.807) is 81.3 Å². The van der Waals surface area contributed by atoms with Crippen LogP contribution in [0.15, 0.2) is 85.2 Å². The van der Waals surface area contributed by atoms with Gasteiger partial charge in [-0.15, -0.1) is 10.2 Å². The molecule has 6 aromatic heterocycles. The highest BCUT2D eigenvalue weighted by Crippen LogP contribution is 2.39. The smallest absolute Gasteiger partial charge is 0.303 e. The average molecular weight is 1200 g/mol. The number of carbonyl (C=O) groups excluding carboxylic acids is 3. The number of benzene rings is 2. The minimum Gasteiger partial charge on any atom is -0.481 e. The highest BCUT2D eigenvalue weighted by Gasteiger charge is 2.42. The van der Waals surface area contributed by atoms with Gasteiger partial charge in [0.1, 0.15) is 28.7 Å². The van der Waals surface area contributed by atoms with Crippen LogP contribution in [0, 0.1) is 38.5 Å². The van der Waals surface area contributed by atoms with Gasteiger partial charge in [0.05, 0.1) is 58.7 Å². The number of fused-ring (bicyclic) bond motifs is 2. The van der Waals surface area contributed by atoms with Crippen LogP contribution < -0.4 is 20.5 Å². The van der Waals surface area contributed by atoms with Crippen molar-refractivity contribution in [3.05, 3.63) is 130 Å². The summed E-state index contributed by atoms with van der Waals surface area (Å²) in [6, 6.07) is 21.9. The summed E-state index contributed by atoms with van der Waals surface area (Å²) in [4.78, 5) is 62.0. The average Bonchev–Trinajstić information content (AvgIpc) is 3.32. The van der Waals surface area contributed by atoms with Crippen LogP contribution >= 0.6 is 0 Å². The van der Waals surface area contributed by atoms with Gasteiger partial charge in [0.2, 0.25) is 17.7 Å². The summed E-state index contributed by atoms with van der Waals surface area (Å²) in [5.74, 6) is 2.08. The van der Waals surface area contributed by atoms with E-state index in [-0.39, 0.29) is 30.3 Å². The Labute approximate surface area is 506 Å². The number of Topliss-reactive ketones (excluding diaryl/α,β-unsaturated/α-hetero) is 2. The van der Waals surface area contributed by atoms with Crippen LogP contribution in [0.5, 0.6) is 23.3 Å². The molecule has 4 saturated heterocycles. The molecular weight excluding hydrogens is 1120 g/mol. The number of alkyl halides is 1. The van der Waals surface area contributed by atoms with E-state index < -0.39 is 13.1 Å². The number of nitrogens with one attached hydrogen (secondary N) is 1. The molecule has 87 heavy (non-hydrogen) atoms. The number of likely N-dealkylation sites (tertiary alicyclic amines) is 2. The third kappa shape index (κ3) is 16.5. The molecule has 4 N–H and O–H groups in total. The number of nitrogen functional groups attached to an aromatic ring is 1. The van der Waals surface area contributed by atoms with Crippen LogP contribution in [0.2, 0.25) is 0 Å². The van der Waals surface area contributed by atoms with Crippen molar-refractivity contribution in [3.63, 3.8) is 0 Å². The Morgan fingerprint density at radius 2 is 1.09 bits per heavy atom. The second-order valence-electron chi connectivity index (χ2n) is 23.2. The Bertz CT molecular complexity index is 3720. The summed E-state index contributed by atoms with van der Waals surface area (Å²) in [6.07, 6.45) is 11.0. The van der Waals surface area contributed by atoms with Crippen molar-refractivity contribution in [1.82, 2.24) is 58.6 Å². The lowest BCUT2D eigenvalue weighted by Gasteiger charge is -2.47. The fourth-order valence-electron chi connectivity index (χ4n) is 11.2. The molecule has 10 heterocycles. The molecule has 462 valence electrons. The molecule has 24 heteroatoms. The zero-order chi connectivity index (χ0) is 62.5. The zero-order valence-corrected chi connectivity index (χ0v) is 50.5. The number of hydrogen-bond donors (Lipinski definition) is 3. The van der Waals surface area contributed by atoms with Gasteiger partial charge in [-0.25, -0.2) is 19.0 Å². The number of nitrogens with zero attached hydrogens (tertiary/aromatic N) is 12. The number of piperidine rings is 2. The lowest BCUT2D eigenvalue weighted by molar-refractivity contribution is -0.140. The number of amides is 1. The first-order chi connectivity index (χ1) is 42.2. The van der Waals surface area contributed by atoms with E-state index in [0.717, 1.165) is 112 Å². The first-order valence-electron chi connectivity index (χ1n) is 30.0. The van der Waals surface area contributed by atoms with Crippen LogP contribution in [0.4, 0.5) is 16.0 Å². The van der Waals surface area contributed by atoms with Gasteiger partial charge in [0, 0.05) is 62.7 Å². The highest BCUT2D eigenvalue weighted by atomic mass is 19.1. The molecular formula is C63H79FN14O9. The van der Waals surface area contributed by atoms with Crippen LogP contribution in [-0.4, -0.2) is 160 Å². The number of imidazole rings is 2. The number of carboxylic acid groups (broad SMARTS) is 1. The second-order valence-corrected chi connectivity index (χ2v) is 23.2. The largest absolute Gasteiger partial charge is 0.481 e. The first-order valence-corrected chi connectivity index (χ1v) is 29.3. The molecule has 23 nitrogen and oxygen atoms in total. The van der Waals surface area contributed by atoms with E-state index in [1.807, 2.05) is 64.1 Å². The quantitative estimate of drug-likeness (QED) is 0.0640. The fourth-order valence-corrected chi connectivity index (χ4v) is 11.2. The van der Waals surface area contributed by atoms with Crippen molar-refractivity contribution in [2.45, 2.75) is 91.9 Å². The number of rotatable bonds is 19. The molecule has 0 aliphatic carbocycles. The molecule has 12 rings (SSSR count). The Morgan fingerprint density at radius 3 is 1.52 bits per heavy atom. The first kappa shape index (κ1) is 61.6. The second kappa shape index (κ2) is 28.4. The standard InChI is InChI=1S/C31H37N7O4.C20H20N6O2.C11H19NO3.CH3F/c1-21-6-7-24(16-23(21)17-26(39)25-15-22(2)34-36(25)3)42-30-9-8-28-32-27(18-38(28)35-30)33-29(40)5-4-12-37-13-10-31(11-14-37)19-41-20-31;1-12-4-5-15(28-20-7-6-19-22-18(21)11-26(19)24-20)9-14(12)10-17(27)16-8-13(2)23-25(16)3;13-10(14)2-1-5-12-6-3-11(4-7-12)8-15-9-11;1-2/h6-9,15-16,18H,4-5,10-14,17,19-20H2,1-3H3,(H,33,40);4-9,11H,10,21H2,1-3H3;1-9H2,(H,13,14);1H3/i;;;1D. The number of halogens is 1. The SMILES string of the molecule is Cc1cc(C(=O)Cc2cc(Oc3ccc4nc(N)cn4n3)ccc2C)n(C)n1.Cc1cc(C(=O)Cc2cc(Oc3ccc4nc(NC(=O)CCCN5CCC6(CC5)COC6)cn4n3)ccc2C)n(C)n1.O=C(O)CCCN1CCC2(CC1)COC2.[2H]CF. The fraction of sp³-hybridized carbons (Fsp3) is 0.460. The summed E-state index contributed by atoms with van der Waals surface area (Å²) in [6.45, 7) is 17.6. The molecule has 8 aromatic rings. The van der Waals surface area contributed by atoms with Gasteiger partial charge in [0.25, 0.3) is 0 Å². The molecule has 0 bridgehead atoms. The number of ether oxygens (including phenoxy) is 4. The van der Waals surface area contributed by atoms with Crippen molar-refractivity contribution >= 4 is 46.4 Å². The Balaban J connectivity index is 0.000000171. The van der Waals surface area contributed by atoms with Gasteiger partial charge >= 0.3 is 5.97 Å². The van der Waals surface area contributed by atoms with Crippen LogP contribution in [-0.2, 0) is 46.0 Å². The van der Waals surface area contributed by atoms with Gasteiger partial charge in [0.15, 0.2) is 28.7 Å². The normalized spacial score (nSPS) is 16.1. The Morgan fingerprint density at radius 1 is 0.644 bits per heavy atom. The number of nitrogens with two attached hydrogens (primary N) is 1. The highest BCUT2D eigenvalue weighted by molar-refractivity contribution is 5.97. The van der Waals surface area contributed by atoms with Gasteiger partial charge in [-0.05, 0) is 176 Å². The molecule has 2 aromatic carbocycles. The maximum absolute atomic E-state index is 12.9. The maximum Gasteiger partial charge on any atom is 0.303 e. The van der Waals surface area contributed by atoms with Crippen LogP contribution in [0.25, 0.3) is 11.3 Å². The zero-order valence-electron chi connectivity index (χ0n) is 51.5. The predicted molar refractivity (Wildman–Crippen MR) is 324 cm³/mol. The number of aliphatic carboxylic acids is 1. The van der Waals surface area contributed by atoms with E-state index in [2.05, 4.69) is 45.5 Å². The molecule has 0 radical (unpaired) electrons. The van der Waals surface area contributed by atoms with E-state index in [0.29, 0.717) is 81.2 Å². The number of ketones is 2. The van der Waals surface area contributed by atoms with Gasteiger partial charge in [-0.3, -0.25) is 32.9 Å². The van der Waals surface area contributed by atoms with Gasteiger partial charge in [-0.2, -0.15) is 10.2 Å². The van der Waals surface area contributed by atoms with Crippen molar-refractivity contribution in [1.29, 1.82) is 0 Å². The maximum atomic E-state index is 12.9. The molecule has 1 amide bonds.